The van der Waals surface area contributed by atoms with Crippen LogP contribution in [-0.2, 0) is 11.2 Å². The van der Waals surface area contributed by atoms with E-state index in [2.05, 4.69) is 25.5 Å². The largest absolute Gasteiger partial charge is 0.508 e. The number of nitrogens with one attached hydrogen (secondary N) is 3. The summed E-state index contributed by atoms with van der Waals surface area (Å²) in [4.78, 5) is 20.4. The summed E-state index contributed by atoms with van der Waals surface area (Å²) >= 11 is 0. The molecule has 204 valence electrons. The molecule has 0 saturated carbocycles. The second-order valence-corrected chi connectivity index (χ2v) is 10.2. The number of carbonyl (C=O) groups is 1. The lowest BCUT2D eigenvalue weighted by Gasteiger charge is -2.08. The third-order valence-electron chi connectivity index (χ3n) is 7.24. The van der Waals surface area contributed by atoms with Gasteiger partial charge < -0.3 is 15.4 Å². The van der Waals surface area contributed by atoms with Crippen LogP contribution in [0.25, 0.3) is 55.4 Å². The fraction of sp³-hybridized carbons (Fsp3) is 0.0294. The molecule has 0 atom stereocenters. The molecular formula is C34H24FN5O2. The van der Waals surface area contributed by atoms with Gasteiger partial charge in [-0.2, -0.15) is 5.10 Å². The third kappa shape index (κ3) is 4.86. The molecule has 1 amide bonds. The van der Waals surface area contributed by atoms with Gasteiger partial charge in [-0.25, -0.2) is 4.39 Å². The number of halogens is 1. The van der Waals surface area contributed by atoms with Gasteiger partial charge in [0, 0.05) is 34.1 Å². The van der Waals surface area contributed by atoms with Crippen LogP contribution < -0.4 is 5.32 Å². The molecular weight excluding hydrogens is 529 g/mol. The van der Waals surface area contributed by atoms with Gasteiger partial charge in [0.15, 0.2) is 0 Å². The first kappa shape index (κ1) is 25.2. The first-order valence-corrected chi connectivity index (χ1v) is 13.4. The Kier molecular flexibility index (Phi) is 6.20. The molecule has 0 fully saturated rings. The minimum absolute atomic E-state index is 0.112. The number of anilines is 1. The van der Waals surface area contributed by atoms with Crippen molar-refractivity contribution in [3.8, 4) is 39.4 Å². The fourth-order valence-corrected chi connectivity index (χ4v) is 5.32. The van der Waals surface area contributed by atoms with Gasteiger partial charge >= 0.3 is 0 Å². The molecule has 0 aliphatic rings. The van der Waals surface area contributed by atoms with Gasteiger partial charge in [0.2, 0.25) is 5.91 Å². The monoisotopic (exact) mass is 553 g/mol. The number of aromatic hydroxyl groups is 1. The molecule has 4 aromatic carbocycles. The second kappa shape index (κ2) is 10.3. The lowest BCUT2D eigenvalue weighted by atomic mass is 10.0. The van der Waals surface area contributed by atoms with Crippen LogP contribution in [-0.4, -0.2) is 31.2 Å². The number of hydrogen-bond acceptors (Lipinski definition) is 4. The topological polar surface area (TPSA) is 107 Å². The van der Waals surface area contributed by atoms with Crippen LogP contribution in [0.3, 0.4) is 0 Å². The highest BCUT2D eigenvalue weighted by molar-refractivity contribution is 6.02. The SMILES string of the molecule is O=C(Cc1ccccc1)Nc1cncc(-c2ccc3[nH]nc(-c4cc5c(-c6cc(O)cc(F)c6)cccc5[nH]4)c3c2)c1. The first-order valence-electron chi connectivity index (χ1n) is 13.4. The minimum Gasteiger partial charge on any atom is -0.508 e. The molecule has 0 saturated heterocycles. The number of aromatic nitrogens is 4. The highest BCUT2D eigenvalue weighted by Gasteiger charge is 2.15. The van der Waals surface area contributed by atoms with Crippen LogP contribution >= 0.6 is 0 Å². The summed E-state index contributed by atoms with van der Waals surface area (Å²) in [6.07, 6.45) is 3.67. The molecule has 0 spiro atoms. The molecule has 3 heterocycles. The van der Waals surface area contributed by atoms with Crippen LogP contribution in [0.1, 0.15) is 5.56 Å². The Morgan fingerprint density at radius 2 is 1.69 bits per heavy atom. The Morgan fingerprint density at radius 1 is 0.810 bits per heavy atom. The molecule has 4 N–H and O–H groups in total. The van der Waals surface area contributed by atoms with Crippen molar-refractivity contribution in [2.45, 2.75) is 6.42 Å². The maximum Gasteiger partial charge on any atom is 0.228 e. The molecule has 0 radical (unpaired) electrons. The number of fused-ring (bicyclic) bond motifs is 2. The highest BCUT2D eigenvalue weighted by atomic mass is 19.1. The van der Waals surface area contributed by atoms with Gasteiger partial charge in [-0.05, 0) is 64.7 Å². The number of H-pyrrole nitrogens is 2. The number of aromatic amines is 2. The van der Waals surface area contributed by atoms with E-state index in [4.69, 9.17) is 0 Å². The molecule has 42 heavy (non-hydrogen) atoms. The average Bonchev–Trinajstić information content (AvgIpc) is 3.61. The molecule has 0 aliphatic heterocycles. The van der Waals surface area contributed by atoms with Crippen molar-refractivity contribution >= 4 is 33.4 Å². The number of phenolic OH excluding ortho intramolecular Hbond substituents is 1. The highest BCUT2D eigenvalue weighted by Crippen LogP contribution is 2.36. The van der Waals surface area contributed by atoms with E-state index in [9.17, 15) is 14.3 Å². The Hall–Kier alpha value is -5.76. The van der Waals surface area contributed by atoms with E-state index in [-0.39, 0.29) is 18.1 Å². The van der Waals surface area contributed by atoms with Gasteiger partial charge in [-0.3, -0.25) is 14.9 Å². The predicted octanol–water partition coefficient (Wildman–Crippen LogP) is 7.47. The van der Waals surface area contributed by atoms with Gasteiger partial charge in [0.1, 0.15) is 17.3 Å². The number of nitrogens with zero attached hydrogens (tertiary/aromatic N) is 2. The lowest BCUT2D eigenvalue weighted by Crippen LogP contribution is -2.14. The molecule has 7 aromatic rings. The van der Waals surface area contributed by atoms with Crippen molar-refractivity contribution in [2.75, 3.05) is 5.32 Å². The zero-order chi connectivity index (χ0) is 28.6. The Balaban J connectivity index is 1.22. The number of carbonyl (C=O) groups excluding carboxylic acids is 1. The number of rotatable bonds is 6. The normalized spacial score (nSPS) is 11.3. The van der Waals surface area contributed by atoms with Crippen molar-refractivity contribution < 1.29 is 14.3 Å². The van der Waals surface area contributed by atoms with Crippen LogP contribution in [0.5, 0.6) is 5.75 Å². The molecule has 7 rings (SSSR count). The Morgan fingerprint density at radius 3 is 2.55 bits per heavy atom. The number of phenols is 1. The van der Waals surface area contributed by atoms with E-state index in [0.717, 1.165) is 61.5 Å². The van der Waals surface area contributed by atoms with Gasteiger partial charge in [-0.15, -0.1) is 0 Å². The van der Waals surface area contributed by atoms with E-state index in [1.807, 2.05) is 78.9 Å². The summed E-state index contributed by atoms with van der Waals surface area (Å²) in [5, 5.41) is 22.4. The molecule has 0 unspecified atom stereocenters. The fourth-order valence-electron chi connectivity index (χ4n) is 5.32. The second-order valence-electron chi connectivity index (χ2n) is 10.2. The van der Waals surface area contributed by atoms with Gasteiger partial charge in [0.25, 0.3) is 0 Å². The first-order chi connectivity index (χ1) is 20.5. The quantitative estimate of drug-likeness (QED) is 0.171. The van der Waals surface area contributed by atoms with Crippen molar-refractivity contribution in [3.05, 3.63) is 121 Å². The summed E-state index contributed by atoms with van der Waals surface area (Å²) in [6, 6.07) is 29.2. The van der Waals surface area contributed by atoms with Crippen LogP contribution in [0.2, 0.25) is 0 Å². The molecule has 3 aromatic heterocycles. The van der Waals surface area contributed by atoms with Crippen LogP contribution in [0.4, 0.5) is 10.1 Å². The zero-order valence-corrected chi connectivity index (χ0v) is 22.2. The lowest BCUT2D eigenvalue weighted by molar-refractivity contribution is -0.115. The molecule has 0 aliphatic carbocycles. The van der Waals surface area contributed by atoms with Gasteiger partial charge in [-0.1, -0.05) is 48.5 Å². The Labute approximate surface area is 239 Å². The van der Waals surface area contributed by atoms with E-state index >= 15 is 0 Å². The van der Waals surface area contributed by atoms with Gasteiger partial charge in [0.05, 0.1) is 29.5 Å². The predicted molar refractivity (Wildman–Crippen MR) is 162 cm³/mol. The Bertz CT molecular complexity index is 2080. The maximum atomic E-state index is 14.1. The number of pyridine rings is 1. The smallest absolute Gasteiger partial charge is 0.228 e. The molecule has 7 nitrogen and oxygen atoms in total. The van der Waals surface area contributed by atoms with E-state index in [0.29, 0.717) is 11.3 Å². The van der Waals surface area contributed by atoms with Crippen molar-refractivity contribution in [2.24, 2.45) is 0 Å². The number of benzene rings is 4. The molecule has 8 heteroatoms. The summed E-state index contributed by atoms with van der Waals surface area (Å²) in [5.74, 6) is -0.741. The minimum atomic E-state index is -0.502. The van der Waals surface area contributed by atoms with Crippen LogP contribution in [0.15, 0.2) is 109 Å². The average molecular weight is 554 g/mol. The third-order valence-corrected chi connectivity index (χ3v) is 7.24. The molecule has 0 bridgehead atoms. The van der Waals surface area contributed by atoms with Crippen LogP contribution in [0, 0.1) is 5.82 Å². The standard InChI is InChI=1S/C34H24FN5O2/c35-24-12-22(14-26(41)16-24)27-7-4-8-30-28(27)17-32(38-30)34-29-15-21(9-10-31(29)39-40-34)23-13-25(19-36-18-23)37-33(42)11-20-5-2-1-3-6-20/h1-10,12-19,38,41H,11H2,(H,37,42)(H,39,40). The van der Waals surface area contributed by atoms with Crippen molar-refractivity contribution in [1.82, 2.24) is 20.2 Å². The summed E-state index contributed by atoms with van der Waals surface area (Å²) in [7, 11) is 0. The maximum absolute atomic E-state index is 14.1. The summed E-state index contributed by atoms with van der Waals surface area (Å²) in [5.41, 5.74) is 7.96. The zero-order valence-electron chi connectivity index (χ0n) is 22.2. The summed E-state index contributed by atoms with van der Waals surface area (Å²) < 4.78 is 14.1. The van der Waals surface area contributed by atoms with E-state index < -0.39 is 5.82 Å². The van der Waals surface area contributed by atoms with E-state index in [1.54, 1.807) is 18.5 Å². The summed E-state index contributed by atoms with van der Waals surface area (Å²) in [6.45, 7) is 0. The van der Waals surface area contributed by atoms with Crippen molar-refractivity contribution in [1.29, 1.82) is 0 Å². The number of hydrogen-bond donors (Lipinski definition) is 4. The number of amides is 1. The van der Waals surface area contributed by atoms with Crippen molar-refractivity contribution in [3.63, 3.8) is 0 Å². The van der Waals surface area contributed by atoms with E-state index in [1.165, 1.54) is 6.07 Å².